The largest absolute Gasteiger partial charge is 0.375 e. The Bertz CT molecular complexity index is 484. The van der Waals surface area contributed by atoms with Crippen LogP contribution in [0, 0.1) is 0 Å². The van der Waals surface area contributed by atoms with Crippen molar-refractivity contribution in [2.24, 2.45) is 0 Å². The third kappa shape index (κ3) is 1.31. The van der Waals surface area contributed by atoms with Crippen molar-refractivity contribution < 1.29 is 4.74 Å². The van der Waals surface area contributed by atoms with Gasteiger partial charge >= 0.3 is 5.69 Å². The number of rotatable bonds is 1. The van der Waals surface area contributed by atoms with Crippen molar-refractivity contribution in [3.05, 3.63) is 38.2 Å². The molecule has 1 aliphatic rings. The number of fused-ring (bicyclic) bond motifs is 1. The zero-order chi connectivity index (χ0) is 10.1. The minimum atomic E-state index is -0.494. The third-order valence-electron chi connectivity index (χ3n) is 2.25. The third-order valence-corrected chi connectivity index (χ3v) is 2.25. The van der Waals surface area contributed by atoms with E-state index in [-0.39, 0.29) is 11.7 Å². The van der Waals surface area contributed by atoms with E-state index in [4.69, 9.17) is 4.74 Å². The van der Waals surface area contributed by atoms with Gasteiger partial charge in [-0.15, -0.1) is 0 Å². The zero-order valence-corrected chi connectivity index (χ0v) is 7.66. The molecular formula is C9H10N2O3. The Morgan fingerprint density at radius 2 is 2.21 bits per heavy atom. The van der Waals surface area contributed by atoms with E-state index in [1.807, 2.05) is 6.08 Å². The van der Waals surface area contributed by atoms with E-state index in [1.54, 1.807) is 13.2 Å². The Morgan fingerprint density at radius 3 is 2.93 bits per heavy atom. The van der Waals surface area contributed by atoms with E-state index in [0.29, 0.717) is 17.7 Å². The maximum atomic E-state index is 11.4. The number of H-pyrrole nitrogens is 2. The minimum Gasteiger partial charge on any atom is -0.375 e. The van der Waals surface area contributed by atoms with Gasteiger partial charge in [0.2, 0.25) is 0 Å². The topological polar surface area (TPSA) is 75.0 Å². The van der Waals surface area contributed by atoms with Gasteiger partial charge in [-0.3, -0.25) is 9.78 Å². The van der Waals surface area contributed by atoms with Crippen LogP contribution in [0.4, 0.5) is 0 Å². The highest BCUT2D eigenvalue weighted by molar-refractivity contribution is 5.53. The first-order chi connectivity index (χ1) is 6.72. The first-order valence-electron chi connectivity index (χ1n) is 4.28. The molecule has 5 heteroatoms. The quantitative estimate of drug-likeness (QED) is 0.669. The lowest BCUT2D eigenvalue weighted by Gasteiger charge is -2.18. The SMILES string of the molecule is COC1CC=Cc2c1[nH]c(=O)[nH]c2=O. The van der Waals surface area contributed by atoms with Crippen molar-refractivity contribution in [2.75, 3.05) is 7.11 Å². The van der Waals surface area contributed by atoms with Crippen molar-refractivity contribution in [1.82, 2.24) is 9.97 Å². The first-order valence-corrected chi connectivity index (χ1v) is 4.28. The van der Waals surface area contributed by atoms with Gasteiger partial charge in [-0.25, -0.2) is 4.79 Å². The van der Waals surface area contributed by atoms with Gasteiger partial charge in [-0.2, -0.15) is 0 Å². The monoisotopic (exact) mass is 194 g/mol. The smallest absolute Gasteiger partial charge is 0.326 e. The Balaban J connectivity index is 2.70. The predicted octanol–water partition coefficient (Wildman–Crippen LogP) is 0.168. The van der Waals surface area contributed by atoms with Crippen LogP contribution in [0.1, 0.15) is 23.8 Å². The number of ether oxygens (including phenoxy) is 1. The summed E-state index contributed by atoms with van der Waals surface area (Å²) in [6, 6.07) is 0. The van der Waals surface area contributed by atoms with Crippen molar-refractivity contribution in [3.63, 3.8) is 0 Å². The summed E-state index contributed by atoms with van der Waals surface area (Å²) in [5, 5.41) is 0. The summed E-state index contributed by atoms with van der Waals surface area (Å²) in [5.41, 5.74) is 0.166. The minimum absolute atomic E-state index is 0.231. The van der Waals surface area contributed by atoms with Crippen LogP contribution in [0.3, 0.4) is 0 Å². The van der Waals surface area contributed by atoms with Crippen LogP contribution in [-0.2, 0) is 4.74 Å². The number of nitrogens with one attached hydrogen (secondary N) is 2. The second kappa shape index (κ2) is 3.26. The van der Waals surface area contributed by atoms with Crippen LogP contribution in [-0.4, -0.2) is 17.1 Å². The van der Waals surface area contributed by atoms with E-state index in [2.05, 4.69) is 9.97 Å². The van der Waals surface area contributed by atoms with Crippen molar-refractivity contribution in [2.45, 2.75) is 12.5 Å². The molecule has 1 heterocycles. The highest BCUT2D eigenvalue weighted by Gasteiger charge is 2.19. The predicted molar refractivity (Wildman–Crippen MR) is 51.1 cm³/mol. The molecule has 0 saturated carbocycles. The highest BCUT2D eigenvalue weighted by atomic mass is 16.5. The molecule has 0 spiro atoms. The Morgan fingerprint density at radius 1 is 1.43 bits per heavy atom. The van der Waals surface area contributed by atoms with Crippen LogP contribution in [0.15, 0.2) is 15.7 Å². The summed E-state index contributed by atoms with van der Waals surface area (Å²) in [7, 11) is 1.55. The molecule has 0 fully saturated rings. The fourth-order valence-corrected chi connectivity index (χ4v) is 1.57. The molecule has 0 bridgehead atoms. The number of methoxy groups -OCH3 is 1. The molecule has 1 aromatic rings. The molecular weight excluding hydrogens is 184 g/mol. The lowest BCUT2D eigenvalue weighted by molar-refractivity contribution is 0.101. The molecule has 1 aromatic heterocycles. The molecule has 1 unspecified atom stereocenters. The van der Waals surface area contributed by atoms with Crippen LogP contribution < -0.4 is 11.2 Å². The van der Waals surface area contributed by atoms with Gasteiger partial charge in [0.1, 0.15) is 6.10 Å². The van der Waals surface area contributed by atoms with Gasteiger partial charge in [0.05, 0.1) is 11.3 Å². The van der Waals surface area contributed by atoms with E-state index in [1.165, 1.54) is 0 Å². The number of hydrogen-bond donors (Lipinski definition) is 2. The summed E-state index contributed by atoms with van der Waals surface area (Å²) in [5.74, 6) is 0. The van der Waals surface area contributed by atoms with E-state index < -0.39 is 5.69 Å². The van der Waals surface area contributed by atoms with Crippen LogP contribution in [0.2, 0.25) is 0 Å². The average Bonchev–Trinajstić information content (AvgIpc) is 2.17. The first kappa shape index (κ1) is 8.96. The molecule has 0 amide bonds. The zero-order valence-electron chi connectivity index (χ0n) is 7.66. The van der Waals surface area contributed by atoms with Gasteiger partial charge in [0, 0.05) is 7.11 Å². The van der Waals surface area contributed by atoms with Crippen molar-refractivity contribution >= 4 is 6.08 Å². The molecule has 2 N–H and O–H groups in total. The molecule has 0 saturated heterocycles. The molecule has 0 aliphatic heterocycles. The summed E-state index contributed by atoms with van der Waals surface area (Å²) < 4.78 is 5.15. The second-order valence-electron chi connectivity index (χ2n) is 3.10. The summed E-state index contributed by atoms with van der Waals surface area (Å²) in [4.78, 5) is 27.1. The lowest BCUT2D eigenvalue weighted by Crippen LogP contribution is -2.29. The average molecular weight is 194 g/mol. The van der Waals surface area contributed by atoms with Crippen molar-refractivity contribution in [3.8, 4) is 0 Å². The second-order valence-corrected chi connectivity index (χ2v) is 3.10. The van der Waals surface area contributed by atoms with E-state index in [0.717, 1.165) is 0 Å². The van der Waals surface area contributed by atoms with Crippen LogP contribution in [0.25, 0.3) is 6.08 Å². The number of aromatic amines is 2. The molecule has 74 valence electrons. The van der Waals surface area contributed by atoms with E-state index >= 15 is 0 Å². The lowest BCUT2D eigenvalue weighted by atomic mass is 10.0. The van der Waals surface area contributed by atoms with Crippen LogP contribution in [0.5, 0.6) is 0 Å². The normalized spacial score (nSPS) is 19.4. The molecule has 1 aliphatic carbocycles. The van der Waals surface area contributed by atoms with Gasteiger partial charge in [0.25, 0.3) is 5.56 Å². The maximum Gasteiger partial charge on any atom is 0.326 e. The Labute approximate surface area is 79.4 Å². The van der Waals surface area contributed by atoms with Gasteiger partial charge in [-0.1, -0.05) is 12.2 Å². The fraction of sp³-hybridized carbons (Fsp3) is 0.333. The molecule has 5 nitrogen and oxygen atoms in total. The molecule has 0 radical (unpaired) electrons. The molecule has 14 heavy (non-hydrogen) atoms. The molecule has 1 atom stereocenters. The Hall–Kier alpha value is -1.62. The van der Waals surface area contributed by atoms with Crippen LogP contribution >= 0.6 is 0 Å². The summed E-state index contributed by atoms with van der Waals surface area (Å²) in [6.45, 7) is 0. The summed E-state index contributed by atoms with van der Waals surface area (Å²) in [6.07, 6.45) is 3.98. The van der Waals surface area contributed by atoms with E-state index in [9.17, 15) is 9.59 Å². The molecule has 2 rings (SSSR count). The highest BCUT2D eigenvalue weighted by Crippen LogP contribution is 2.24. The summed E-state index contributed by atoms with van der Waals surface area (Å²) >= 11 is 0. The number of hydrogen-bond acceptors (Lipinski definition) is 3. The van der Waals surface area contributed by atoms with Crippen molar-refractivity contribution in [1.29, 1.82) is 0 Å². The standard InChI is InChI=1S/C9H10N2O3/c1-14-6-4-2-3-5-7(6)10-9(13)11-8(5)12/h2-3,6H,4H2,1H3,(H2,10,11,12,13). The van der Waals surface area contributed by atoms with Gasteiger partial charge < -0.3 is 9.72 Å². The van der Waals surface area contributed by atoms with Gasteiger partial charge in [0.15, 0.2) is 0 Å². The molecule has 0 aromatic carbocycles. The van der Waals surface area contributed by atoms with Gasteiger partial charge in [-0.05, 0) is 6.42 Å². The Kier molecular flexibility index (Phi) is 2.09. The fourth-order valence-electron chi connectivity index (χ4n) is 1.57. The maximum absolute atomic E-state index is 11.4. The number of aromatic nitrogens is 2.